The molecule has 20 heavy (non-hydrogen) atoms. The first-order valence-electron chi connectivity index (χ1n) is 5.95. The first-order valence-corrected chi connectivity index (χ1v) is 5.95. The summed E-state index contributed by atoms with van der Waals surface area (Å²) in [7, 11) is 0. The van der Waals surface area contributed by atoms with Crippen molar-refractivity contribution in [2.45, 2.75) is 0 Å². The minimum atomic E-state index is -0.415. The number of anilines is 1. The lowest BCUT2D eigenvalue weighted by Crippen LogP contribution is -2.11. The Hall–Kier alpha value is -3.02. The number of H-pyrrole nitrogens is 2. The molecule has 2 aromatic carbocycles. The molecule has 0 saturated heterocycles. The average molecular weight is 269 g/mol. The van der Waals surface area contributed by atoms with Crippen molar-refractivity contribution in [1.82, 2.24) is 9.97 Å². The molecule has 0 aliphatic heterocycles. The number of imidazole rings is 1. The third-order valence-corrected chi connectivity index (χ3v) is 2.95. The normalized spacial score (nSPS) is 10.6. The minimum absolute atomic E-state index is 0.176. The summed E-state index contributed by atoms with van der Waals surface area (Å²) in [4.78, 5) is 28.2. The van der Waals surface area contributed by atoms with Gasteiger partial charge in [-0.3, -0.25) is 4.79 Å². The van der Waals surface area contributed by atoms with Crippen molar-refractivity contribution in [3.8, 4) is 5.75 Å². The zero-order chi connectivity index (χ0) is 14.1. The van der Waals surface area contributed by atoms with E-state index in [9.17, 15) is 14.7 Å². The van der Waals surface area contributed by atoms with Crippen molar-refractivity contribution >= 4 is 22.6 Å². The van der Waals surface area contributed by atoms with Crippen molar-refractivity contribution in [3.05, 3.63) is 58.5 Å². The van der Waals surface area contributed by atoms with Gasteiger partial charge in [-0.2, -0.15) is 0 Å². The van der Waals surface area contributed by atoms with E-state index in [1.54, 1.807) is 30.3 Å². The Morgan fingerprint density at radius 1 is 1.05 bits per heavy atom. The SMILES string of the molecule is O=C(Nc1ccc2[nH]c(=O)[nH]c2c1O)c1ccccc1. The molecule has 4 N–H and O–H groups in total. The second-order valence-electron chi connectivity index (χ2n) is 4.28. The lowest BCUT2D eigenvalue weighted by Gasteiger charge is -2.07. The van der Waals surface area contributed by atoms with E-state index in [0.717, 1.165) is 0 Å². The Balaban J connectivity index is 1.97. The van der Waals surface area contributed by atoms with Gasteiger partial charge in [0.1, 0.15) is 5.52 Å². The largest absolute Gasteiger partial charge is 0.504 e. The van der Waals surface area contributed by atoms with Crippen LogP contribution in [0.4, 0.5) is 5.69 Å². The van der Waals surface area contributed by atoms with E-state index in [0.29, 0.717) is 11.1 Å². The first-order chi connectivity index (χ1) is 9.65. The monoisotopic (exact) mass is 269 g/mol. The van der Waals surface area contributed by atoms with Crippen molar-refractivity contribution in [2.24, 2.45) is 0 Å². The number of carbonyl (C=O) groups is 1. The number of aromatic amines is 2. The van der Waals surface area contributed by atoms with E-state index in [-0.39, 0.29) is 22.9 Å². The van der Waals surface area contributed by atoms with Crippen LogP contribution in [0, 0.1) is 0 Å². The van der Waals surface area contributed by atoms with Crippen molar-refractivity contribution in [2.75, 3.05) is 5.32 Å². The summed E-state index contributed by atoms with van der Waals surface area (Å²) in [6.45, 7) is 0. The summed E-state index contributed by atoms with van der Waals surface area (Å²) in [6, 6.07) is 11.8. The van der Waals surface area contributed by atoms with Crippen LogP contribution >= 0.6 is 0 Å². The standard InChI is InChI=1S/C14H11N3O3/c18-12-10(7-6-9-11(12)17-14(20)16-9)15-13(19)8-4-2-1-3-5-8/h1-7,18H,(H,15,19)(H2,16,17,20). The molecule has 6 nitrogen and oxygen atoms in total. The fraction of sp³-hybridized carbons (Fsp3) is 0. The molecule has 1 aromatic heterocycles. The van der Waals surface area contributed by atoms with Crippen molar-refractivity contribution < 1.29 is 9.90 Å². The fourth-order valence-electron chi connectivity index (χ4n) is 1.97. The van der Waals surface area contributed by atoms with Gasteiger partial charge >= 0.3 is 5.69 Å². The quantitative estimate of drug-likeness (QED) is 0.534. The van der Waals surface area contributed by atoms with Crippen LogP contribution in [0.15, 0.2) is 47.3 Å². The highest BCUT2D eigenvalue weighted by Gasteiger charge is 2.12. The number of fused-ring (bicyclic) bond motifs is 1. The first kappa shape index (κ1) is 12.0. The third-order valence-electron chi connectivity index (χ3n) is 2.95. The van der Waals surface area contributed by atoms with Gasteiger partial charge in [-0.1, -0.05) is 18.2 Å². The number of rotatable bonds is 2. The topological polar surface area (TPSA) is 98.0 Å². The van der Waals surface area contributed by atoms with Gasteiger partial charge in [-0.05, 0) is 24.3 Å². The van der Waals surface area contributed by atoms with Crippen LogP contribution < -0.4 is 11.0 Å². The molecule has 0 radical (unpaired) electrons. The number of nitrogens with one attached hydrogen (secondary N) is 3. The number of benzene rings is 2. The number of hydrogen-bond donors (Lipinski definition) is 4. The second kappa shape index (κ2) is 4.58. The predicted octanol–water partition coefficient (Wildman–Crippen LogP) is 1.81. The van der Waals surface area contributed by atoms with Crippen molar-refractivity contribution in [3.63, 3.8) is 0 Å². The predicted molar refractivity (Wildman–Crippen MR) is 75.0 cm³/mol. The molecule has 1 amide bonds. The summed E-state index contributed by atoms with van der Waals surface area (Å²) in [5.41, 5.74) is 1.05. The maximum atomic E-state index is 12.0. The number of phenolic OH excluding ortho intramolecular Hbond substituents is 1. The van der Waals surface area contributed by atoms with Crippen LogP contribution in [0.5, 0.6) is 5.75 Å². The van der Waals surface area contributed by atoms with Gasteiger partial charge in [0.2, 0.25) is 0 Å². The molecule has 3 rings (SSSR count). The van der Waals surface area contributed by atoms with Crippen LogP contribution in [0.25, 0.3) is 11.0 Å². The molecule has 100 valence electrons. The van der Waals surface area contributed by atoms with Crippen LogP contribution in [0.2, 0.25) is 0 Å². The van der Waals surface area contributed by atoms with Crippen molar-refractivity contribution in [1.29, 1.82) is 0 Å². The lowest BCUT2D eigenvalue weighted by atomic mass is 10.2. The highest BCUT2D eigenvalue weighted by Crippen LogP contribution is 2.29. The van der Waals surface area contributed by atoms with E-state index >= 15 is 0 Å². The van der Waals surface area contributed by atoms with Gasteiger partial charge in [0, 0.05) is 5.56 Å². The molecule has 0 atom stereocenters. The average Bonchev–Trinajstić information content (AvgIpc) is 2.84. The summed E-state index contributed by atoms with van der Waals surface area (Å²) in [5, 5.41) is 12.7. The Morgan fingerprint density at radius 2 is 1.80 bits per heavy atom. The number of amides is 1. The fourth-order valence-corrected chi connectivity index (χ4v) is 1.97. The molecule has 0 aliphatic rings. The van der Waals surface area contributed by atoms with Gasteiger partial charge in [0.25, 0.3) is 5.91 Å². The van der Waals surface area contributed by atoms with Gasteiger partial charge < -0.3 is 20.4 Å². The molecular formula is C14H11N3O3. The van der Waals surface area contributed by atoms with Gasteiger partial charge in [-0.25, -0.2) is 4.79 Å². The van der Waals surface area contributed by atoms with Gasteiger partial charge in [0.05, 0.1) is 11.2 Å². The highest BCUT2D eigenvalue weighted by atomic mass is 16.3. The van der Waals surface area contributed by atoms with Crippen LogP contribution in [0.1, 0.15) is 10.4 Å². The summed E-state index contributed by atoms with van der Waals surface area (Å²) in [6.07, 6.45) is 0. The maximum absolute atomic E-state index is 12.0. The Bertz CT molecular complexity index is 834. The zero-order valence-corrected chi connectivity index (χ0v) is 10.3. The van der Waals surface area contributed by atoms with E-state index in [4.69, 9.17) is 0 Å². The molecule has 0 unspecified atom stereocenters. The Morgan fingerprint density at radius 3 is 2.55 bits per heavy atom. The zero-order valence-electron chi connectivity index (χ0n) is 10.3. The molecule has 0 bridgehead atoms. The highest BCUT2D eigenvalue weighted by molar-refractivity contribution is 6.06. The third kappa shape index (κ3) is 2.03. The van der Waals surface area contributed by atoms with E-state index in [1.807, 2.05) is 6.07 Å². The van der Waals surface area contributed by atoms with E-state index < -0.39 is 5.69 Å². The minimum Gasteiger partial charge on any atom is -0.504 e. The number of aromatic nitrogens is 2. The van der Waals surface area contributed by atoms with E-state index in [2.05, 4.69) is 15.3 Å². The summed E-state index contributed by atoms with van der Waals surface area (Å²) < 4.78 is 0. The number of carbonyl (C=O) groups excluding carboxylic acids is 1. The molecule has 6 heteroatoms. The molecular weight excluding hydrogens is 258 g/mol. The van der Waals surface area contributed by atoms with Gasteiger partial charge in [0.15, 0.2) is 5.75 Å². The molecule has 3 aromatic rings. The van der Waals surface area contributed by atoms with Crippen LogP contribution in [-0.4, -0.2) is 21.0 Å². The maximum Gasteiger partial charge on any atom is 0.323 e. The summed E-state index contributed by atoms with van der Waals surface area (Å²) >= 11 is 0. The molecule has 0 fully saturated rings. The Labute approximate surface area is 113 Å². The molecule has 0 saturated carbocycles. The number of phenols is 1. The number of aromatic hydroxyl groups is 1. The Kier molecular flexibility index (Phi) is 2.76. The van der Waals surface area contributed by atoms with E-state index in [1.165, 1.54) is 6.07 Å². The molecule has 0 spiro atoms. The number of hydrogen-bond acceptors (Lipinski definition) is 3. The smallest absolute Gasteiger partial charge is 0.323 e. The lowest BCUT2D eigenvalue weighted by molar-refractivity contribution is 0.102. The molecule has 0 aliphatic carbocycles. The second-order valence-corrected chi connectivity index (χ2v) is 4.28. The van der Waals surface area contributed by atoms with Gasteiger partial charge in [-0.15, -0.1) is 0 Å². The van der Waals surface area contributed by atoms with Crippen LogP contribution in [0.3, 0.4) is 0 Å². The summed E-state index contributed by atoms with van der Waals surface area (Å²) in [5.74, 6) is -0.511. The molecule has 1 heterocycles. The van der Waals surface area contributed by atoms with Crippen LogP contribution in [-0.2, 0) is 0 Å².